The van der Waals surface area contributed by atoms with Crippen molar-refractivity contribution in [3.05, 3.63) is 10.5 Å². The molecule has 1 saturated heterocycles. The third-order valence-electron chi connectivity index (χ3n) is 3.20. The van der Waals surface area contributed by atoms with E-state index < -0.39 is 0 Å². The lowest BCUT2D eigenvalue weighted by Gasteiger charge is -2.26. The van der Waals surface area contributed by atoms with Gasteiger partial charge >= 0.3 is 5.69 Å². The zero-order chi connectivity index (χ0) is 13.5. The van der Waals surface area contributed by atoms with Gasteiger partial charge in [-0.1, -0.05) is 25.1 Å². The number of H-pyrrole nitrogens is 1. The van der Waals surface area contributed by atoms with Crippen molar-refractivity contribution in [2.45, 2.75) is 31.5 Å². The number of ether oxygens (including phenoxy) is 1. The fourth-order valence-corrected chi connectivity index (χ4v) is 2.99. The van der Waals surface area contributed by atoms with Crippen molar-refractivity contribution in [3.8, 4) is 0 Å². The summed E-state index contributed by atoms with van der Waals surface area (Å²) >= 11 is 1.65. The monoisotopic (exact) mass is 286 g/mol. The summed E-state index contributed by atoms with van der Waals surface area (Å²) in [4.78, 5) is 14.0. The first-order valence-electron chi connectivity index (χ1n) is 6.89. The Hall–Kier alpha value is -0.790. The van der Waals surface area contributed by atoms with Gasteiger partial charge in [0.25, 0.3) is 0 Å². The quantitative estimate of drug-likeness (QED) is 0.751. The average molecular weight is 286 g/mol. The zero-order valence-corrected chi connectivity index (χ0v) is 12.2. The second-order valence-electron chi connectivity index (χ2n) is 4.62. The van der Waals surface area contributed by atoms with Crippen molar-refractivity contribution in [2.75, 3.05) is 38.6 Å². The van der Waals surface area contributed by atoms with Crippen LogP contribution < -0.4 is 5.69 Å². The molecule has 0 aromatic carbocycles. The summed E-state index contributed by atoms with van der Waals surface area (Å²) in [5.74, 6) is 0.955. The maximum atomic E-state index is 11.6. The molecule has 0 spiro atoms. The van der Waals surface area contributed by atoms with Gasteiger partial charge in [0.05, 0.1) is 13.2 Å². The third-order valence-corrected chi connectivity index (χ3v) is 4.16. The minimum atomic E-state index is -0.0951. The van der Waals surface area contributed by atoms with Crippen molar-refractivity contribution >= 4 is 11.8 Å². The van der Waals surface area contributed by atoms with E-state index in [1.165, 1.54) is 0 Å². The minimum Gasteiger partial charge on any atom is -0.379 e. The van der Waals surface area contributed by atoms with E-state index in [-0.39, 0.29) is 5.69 Å². The molecular formula is C12H22N4O2S. The van der Waals surface area contributed by atoms with Gasteiger partial charge in [-0.15, -0.1) is 5.10 Å². The highest BCUT2D eigenvalue weighted by atomic mass is 32.2. The predicted molar refractivity (Wildman–Crippen MR) is 75.7 cm³/mol. The molecule has 7 heteroatoms. The number of thioether (sulfide) groups is 1. The highest BCUT2D eigenvalue weighted by Gasteiger charge is 2.12. The van der Waals surface area contributed by atoms with Crippen LogP contribution in [0, 0.1) is 0 Å². The van der Waals surface area contributed by atoms with Crippen LogP contribution in [0.15, 0.2) is 9.95 Å². The summed E-state index contributed by atoms with van der Waals surface area (Å²) in [6, 6.07) is 0. The standard InChI is InChI=1S/C12H22N4O2S/c1-2-3-4-16-11(17)13-14-12(16)19-10-7-15-5-8-18-9-6-15/h2-10H2,1H3,(H,13,17). The molecule has 0 radical (unpaired) electrons. The Morgan fingerprint density at radius 2 is 2.16 bits per heavy atom. The molecule has 1 fully saturated rings. The van der Waals surface area contributed by atoms with E-state index in [2.05, 4.69) is 22.0 Å². The molecule has 1 aromatic heterocycles. The van der Waals surface area contributed by atoms with Crippen LogP contribution in [0.25, 0.3) is 0 Å². The van der Waals surface area contributed by atoms with Crippen LogP contribution in [0.2, 0.25) is 0 Å². The molecule has 1 N–H and O–H groups in total. The number of rotatable bonds is 7. The molecule has 6 nitrogen and oxygen atoms in total. The van der Waals surface area contributed by atoms with Crippen LogP contribution in [-0.2, 0) is 11.3 Å². The van der Waals surface area contributed by atoms with Crippen molar-refractivity contribution in [2.24, 2.45) is 0 Å². The van der Waals surface area contributed by atoms with E-state index in [0.717, 1.165) is 63.1 Å². The molecule has 19 heavy (non-hydrogen) atoms. The molecule has 1 aromatic rings. The SMILES string of the molecule is CCCCn1c(SCCN2CCOCC2)n[nH]c1=O. The van der Waals surface area contributed by atoms with E-state index in [0.29, 0.717) is 0 Å². The van der Waals surface area contributed by atoms with Gasteiger partial charge in [0.2, 0.25) is 0 Å². The smallest absolute Gasteiger partial charge is 0.343 e. The number of hydrogen-bond donors (Lipinski definition) is 1. The van der Waals surface area contributed by atoms with Crippen LogP contribution in [0.1, 0.15) is 19.8 Å². The first kappa shape index (κ1) is 14.6. The summed E-state index contributed by atoms with van der Waals surface area (Å²) < 4.78 is 7.06. The van der Waals surface area contributed by atoms with Gasteiger partial charge < -0.3 is 4.74 Å². The van der Waals surface area contributed by atoms with Crippen LogP contribution >= 0.6 is 11.8 Å². The number of morpholine rings is 1. The molecule has 2 heterocycles. The van der Waals surface area contributed by atoms with Crippen LogP contribution in [0.3, 0.4) is 0 Å². The number of nitrogens with zero attached hydrogens (tertiary/aromatic N) is 3. The highest BCUT2D eigenvalue weighted by Crippen LogP contribution is 2.14. The Labute approximate surface area is 117 Å². The Morgan fingerprint density at radius 1 is 1.37 bits per heavy atom. The molecule has 1 aliphatic heterocycles. The maximum Gasteiger partial charge on any atom is 0.343 e. The minimum absolute atomic E-state index is 0.0951. The Bertz CT molecular complexity index is 426. The number of unbranched alkanes of at least 4 members (excludes halogenated alkanes) is 1. The van der Waals surface area contributed by atoms with Gasteiger partial charge in [-0.05, 0) is 6.42 Å². The van der Waals surface area contributed by atoms with E-state index in [1.807, 2.05) is 0 Å². The summed E-state index contributed by atoms with van der Waals surface area (Å²) in [5.41, 5.74) is -0.0951. The van der Waals surface area contributed by atoms with Gasteiger partial charge in [0.15, 0.2) is 5.16 Å². The van der Waals surface area contributed by atoms with Crippen LogP contribution in [-0.4, -0.2) is 58.3 Å². The first-order chi connectivity index (χ1) is 9.31. The Kier molecular flexibility index (Phi) is 5.93. The predicted octanol–water partition coefficient (Wildman–Crippen LogP) is 0.796. The fourth-order valence-electron chi connectivity index (χ4n) is 2.02. The van der Waals surface area contributed by atoms with Crippen molar-refractivity contribution in [3.63, 3.8) is 0 Å². The number of aromatic nitrogens is 3. The molecule has 1 aliphatic rings. The molecule has 0 aliphatic carbocycles. The van der Waals surface area contributed by atoms with Crippen molar-refractivity contribution in [1.82, 2.24) is 19.7 Å². The third kappa shape index (κ3) is 4.36. The van der Waals surface area contributed by atoms with Gasteiger partial charge in [-0.25, -0.2) is 9.89 Å². The summed E-state index contributed by atoms with van der Waals surface area (Å²) in [6.07, 6.45) is 2.09. The first-order valence-corrected chi connectivity index (χ1v) is 7.88. The fraction of sp³-hybridized carbons (Fsp3) is 0.833. The number of hydrogen-bond acceptors (Lipinski definition) is 5. The molecule has 108 valence electrons. The van der Waals surface area contributed by atoms with Crippen LogP contribution in [0.4, 0.5) is 0 Å². The Balaban J connectivity index is 1.80. The van der Waals surface area contributed by atoms with E-state index >= 15 is 0 Å². The molecule has 0 unspecified atom stereocenters. The summed E-state index contributed by atoms with van der Waals surface area (Å²) in [7, 11) is 0. The van der Waals surface area contributed by atoms with Crippen molar-refractivity contribution in [1.29, 1.82) is 0 Å². The molecular weight excluding hydrogens is 264 g/mol. The topological polar surface area (TPSA) is 63.1 Å². The lowest BCUT2D eigenvalue weighted by Crippen LogP contribution is -2.37. The number of aromatic amines is 1. The van der Waals surface area contributed by atoms with Crippen molar-refractivity contribution < 1.29 is 4.74 Å². The average Bonchev–Trinajstić information content (AvgIpc) is 2.78. The van der Waals surface area contributed by atoms with Gasteiger partial charge in [-0.2, -0.15) is 0 Å². The molecule has 0 amide bonds. The largest absolute Gasteiger partial charge is 0.379 e. The lowest BCUT2D eigenvalue weighted by molar-refractivity contribution is 0.0410. The maximum absolute atomic E-state index is 11.6. The second-order valence-corrected chi connectivity index (χ2v) is 5.68. The molecule has 0 atom stereocenters. The van der Waals surface area contributed by atoms with Gasteiger partial charge in [0, 0.05) is 31.9 Å². The zero-order valence-electron chi connectivity index (χ0n) is 11.4. The van der Waals surface area contributed by atoms with E-state index in [1.54, 1.807) is 16.3 Å². The second kappa shape index (κ2) is 7.72. The van der Waals surface area contributed by atoms with Crippen LogP contribution in [0.5, 0.6) is 0 Å². The molecule has 0 bridgehead atoms. The van der Waals surface area contributed by atoms with E-state index in [9.17, 15) is 4.79 Å². The van der Waals surface area contributed by atoms with E-state index in [4.69, 9.17) is 4.74 Å². The molecule has 2 rings (SSSR count). The summed E-state index contributed by atoms with van der Waals surface area (Å²) in [6.45, 7) is 7.56. The Morgan fingerprint density at radius 3 is 2.89 bits per heavy atom. The van der Waals surface area contributed by atoms with Gasteiger partial charge in [-0.3, -0.25) is 9.47 Å². The van der Waals surface area contributed by atoms with Gasteiger partial charge in [0.1, 0.15) is 0 Å². The molecule has 0 saturated carbocycles. The normalized spacial score (nSPS) is 16.9. The number of nitrogens with one attached hydrogen (secondary N) is 1. The lowest BCUT2D eigenvalue weighted by atomic mass is 10.3. The summed E-state index contributed by atoms with van der Waals surface area (Å²) in [5, 5.41) is 7.45. The highest BCUT2D eigenvalue weighted by molar-refractivity contribution is 7.99.